The molecule has 0 spiro atoms. The van der Waals surface area contributed by atoms with Crippen LogP contribution in [0.1, 0.15) is 30.6 Å². The Hall–Kier alpha value is -0.960. The second-order valence-corrected chi connectivity index (χ2v) is 8.06. The fourth-order valence-corrected chi connectivity index (χ4v) is 5.46. The molecule has 118 valence electrons. The van der Waals surface area contributed by atoms with Gasteiger partial charge in [0, 0.05) is 24.5 Å². The maximum atomic E-state index is 12.5. The third-order valence-corrected chi connectivity index (χ3v) is 7.15. The molecule has 0 aliphatic carbocycles. The van der Waals surface area contributed by atoms with Crippen LogP contribution in [0.15, 0.2) is 15.7 Å². The first kappa shape index (κ1) is 16.4. The summed E-state index contributed by atoms with van der Waals surface area (Å²) in [6.45, 7) is 6.90. The number of carboxylic acid groups (broad SMARTS) is 1. The van der Waals surface area contributed by atoms with Gasteiger partial charge in [0.2, 0.25) is 0 Å². The maximum Gasteiger partial charge on any atom is 0.336 e. The maximum absolute atomic E-state index is 12.5. The van der Waals surface area contributed by atoms with E-state index in [1.54, 1.807) is 0 Å². The number of likely N-dealkylation sites (N-methyl/N-ethyl adjacent to an activating group) is 1. The lowest BCUT2D eigenvalue weighted by molar-refractivity contribution is 0.0697. The van der Waals surface area contributed by atoms with Crippen molar-refractivity contribution in [1.29, 1.82) is 0 Å². The number of hydrogen-bond acceptors (Lipinski definition) is 5. The van der Waals surface area contributed by atoms with E-state index in [9.17, 15) is 13.2 Å². The van der Waals surface area contributed by atoms with Crippen molar-refractivity contribution in [2.75, 3.05) is 26.2 Å². The predicted octanol–water partition coefficient (Wildman–Crippen LogP) is 1.55. The van der Waals surface area contributed by atoms with E-state index in [0.717, 1.165) is 30.8 Å². The van der Waals surface area contributed by atoms with Gasteiger partial charge in [-0.25, -0.2) is 13.2 Å². The van der Waals surface area contributed by atoms with Crippen LogP contribution >= 0.6 is 11.3 Å². The highest BCUT2D eigenvalue weighted by molar-refractivity contribution is 7.91. The Morgan fingerprint density at radius 1 is 1.48 bits per heavy atom. The lowest BCUT2D eigenvalue weighted by Crippen LogP contribution is -2.38. The lowest BCUT2D eigenvalue weighted by Gasteiger charge is -2.25. The Morgan fingerprint density at radius 2 is 2.14 bits per heavy atom. The van der Waals surface area contributed by atoms with Gasteiger partial charge in [-0.3, -0.25) is 4.90 Å². The summed E-state index contributed by atoms with van der Waals surface area (Å²) in [7, 11) is -3.57. The molecule has 0 bridgehead atoms. The molecule has 1 aliphatic rings. The molecular weight excluding hydrogens is 312 g/mol. The molecule has 1 unspecified atom stereocenters. The summed E-state index contributed by atoms with van der Waals surface area (Å²) in [5.74, 6) is -1.10. The number of rotatable bonds is 6. The molecule has 0 amide bonds. The third-order valence-electron chi connectivity index (χ3n) is 3.87. The third kappa shape index (κ3) is 3.28. The number of nitrogens with zero attached hydrogens (tertiary/aromatic N) is 2. The summed E-state index contributed by atoms with van der Waals surface area (Å²) in [5.41, 5.74) is 0.0260. The van der Waals surface area contributed by atoms with Crippen LogP contribution in [0.25, 0.3) is 0 Å². The molecule has 2 rings (SSSR count). The van der Waals surface area contributed by atoms with E-state index in [0.29, 0.717) is 13.1 Å². The highest BCUT2D eigenvalue weighted by Gasteiger charge is 2.35. The van der Waals surface area contributed by atoms with Crippen molar-refractivity contribution < 1.29 is 18.3 Å². The highest BCUT2D eigenvalue weighted by atomic mass is 32.2. The van der Waals surface area contributed by atoms with Crippen molar-refractivity contribution in [3.63, 3.8) is 0 Å². The van der Waals surface area contributed by atoms with Gasteiger partial charge in [0.15, 0.2) is 0 Å². The minimum absolute atomic E-state index is 0.0260. The van der Waals surface area contributed by atoms with E-state index in [1.165, 1.54) is 15.8 Å². The van der Waals surface area contributed by atoms with Crippen molar-refractivity contribution in [3.05, 3.63) is 17.0 Å². The van der Waals surface area contributed by atoms with Crippen LogP contribution in [0.2, 0.25) is 0 Å². The molecule has 2 heterocycles. The molecule has 21 heavy (non-hydrogen) atoms. The van der Waals surface area contributed by atoms with Gasteiger partial charge in [0.25, 0.3) is 10.0 Å². The zero-order valence-electron chi connectivity index (χ0n) is 12.2. The van der Waals surface area contributed by atoms with Crippen LogP contribution < -0.4 is 0 Å². The first-order valence-corrected chi connectivity index (χ1v) is 9.28. The lowest BCUT2D eigenvalue weighted by atomic mass is 10.2. The van der Waals surface area contributed by atoms with Crippen molar-refractivity contribution >= 4 is 27.3 Å². The van der Waals surface area contributed by atoms with Crippen LogP contribution in [0, 0.1) is 0 Å². The van der Waals surface area contributed by atoms with Crippen LogP contribution in [0.4, 0.5) is 0 Å². The molecule has 1 fully saturated rings. The van der Waals surface area contributed by atoms with Crippen LogP contribution in [-0.2, 0) is 10.0 Å². The standard InChI is InChI=1S/C13H20N2O4S2/c1-3-14(4-2)11-5-6-15(8-11)21(18,19)12-7-10(9-20-12)13(16)17/h7,9,11H,3-6,8H2,1-2H3,(H,16,17). The van der Waals surface area contributed by atoms with E-state index in [2.05, 4.69) is 18.7 Å². The van der Waals surface area contributed by atoms with Crippen molar-refractivity contribution in [1.82, 2.24) is 9.21 Å². The number of carboxylic acids is 1. The molecule has 1 aromatic heterocycles. The number of sulfonamides is 1. The largest absolute Gasteiger partial charge is 0.478 e. The Labute approximate surface area is 129 Å². The molecule has 1 atom stereocenters. The van der Waals surface area contributed by atoms with Crippen LogP contribution in [-0.4, -0.2) is 60.9 Å². The average molecular weight is 332 g/mol. The van der Waals surface area contributed by atoms with Crippen molar-refractivity contribution in [2.45, 2.75) is 30.5 Å². The Balaban J connectivity index is 2.15. The van der Waals surface area contributed by atoms with Gasteiger partial charge < -0.3 is 5.11 Å². The van der Waals surface area contributed by atoms with Gasteiger partial charge in [-0.2, -0.15) is 4.31 Å². The van der Waals surface area contributed by atoms with Crippen molar-refractivity contribution in [2.24, 2.45) is 0 Å². The Morgan fingerprint density at radius 3 is 2.67 bits per heavy atom. The monoisotopic (exact) mass is 332 g/mol. The number of carbonyl (C=O) groups is 1. The van der Waals surface area contributed by atoms with E-state index >= 15 is 0 Å². The minimum Gasteiger partial charge on any atom is -0.478 e. The van der Waals surface area contributed by atoms with Crippen molar-refractivity contribution in [3.8, 4) is 0 Å². The van der Waals surface area contributed by atoms with Gasteiger partial charge in [-0.05, 0) is 25.6 Å². The Kier molecular flexibility index (Phi) is 5.03. The van der Waals surface area contributed by atoms with E-state index < -0.39 is 16.0 Å². The molecule has 1 saturated heterocycles. The van der Waals surface area contributed by atoms with Gasteiger partial charge in [0.1, 0.15) is 4.21 Å². The van der Waals surface area contributed by atoms with Crippen LogP contribution in [0.5, 0.6) is 0 Å². The van der Waals surface area contributed by atoms with E-state index in [-0.39, 0.29) is 15.8 Å². The fraction of sp³-hybridized carbons (Fsp3) is 0.615. The summed E-state index contributed by atoms with van der Waals surface area (Å²) in [4.78, 5) is 13.1. The zero-order chi connectivity index (χ0) is 15.6. The van der Waals surface area contributed by atoms with Gasteiger partial charge in [-0.1, -0.05) is 13.8 Å². The predicted molar refractivity (Wildman–Crippen MR) is 81.4 cm³/mol. The first-order valence-electron chi connectivity index (χ1n) is 6.96. The second kappa shape index (κ2) is 6.43. The van der Waals surface area contributed by atoms with Gasteiger partial charge in [0.05, 0.1) is 5.56 Å². The van der Waals surface area contributed by atoms with Crippen LogP contribution in [0.3, 0.4) is 0 Å². The second-order valence-electron chi connectivity index (χ2n) is 4.99. The molecule has 1 aliphatic heterocycles. The highest BCUT2D eigenvalue weighted by Crippen LogP contribution is 2.28. The molecule has 8 heteroatoms. The number of aromatic carboxylic acids is 1. The quantitative estimate of drug-likeness (QED) is 0.855. The van der Waals surface area contributed by atoms with E-state index in [4.69, 9.17) is 5.11 Å². The molecule has 0 aromatic carbocycles. The molecule has 6 nitrogen and oxygen atoms in total. The molecule has 0 saturated carbocycles. The van der Waals surface area contributed by atoms with E-state index in [1.807, 2.05) is 0 Å². The molecule has 0 radical (unpaired) electrons. The molecule has 1 N–H and O–H groups in total. The SMILES string of the molecule is CCN(CC)C1CCN(S(=O)(=O)c2cc(C(=O)O)cs2)C1. The average Bonchev–Trinajstić information content (AvgIpc) is 3.10. The number of thiophene rings is 1. The number of hydrogen-bond donors (Lipinski definition) is 1. The molecular formula is C13H20N2O4S2. The molecule has 1 aromatic rings. The van der Waals surface area contributed by atoms with Gasteiger partial charge >= 0.3 is 5.97 Å². The zero-order valence-corrected chi connectivity index (χ0v) is 13.8. The summed E-state index contributed by atoms with van der Waals surface area (Å²) in [6.07, 6.45) is 0.818. The topological polar surface area (TPSA) is 77.9 Å². The summed E-state index contributed by atoms with van der Waals surface area (Å²) < 4.78 is 26.7. The Bertz CT molecular complexity index is 607. The summed E-state index contributed by atoms with van der Waals surface area (Å²) in [5, 5.41) is 10.3. The minimum atomic E-state index is -3.57. The summed E-state index contributed by atoms with van der Waals surface area (Å²) in [6, 6.07) is 1.49. The first-order chi connectivity index (χ1) is 9.90. The normalized spacial score (nSPS) is 20.2. The van der Waals surface area contributed by atoms with Gasteiger partial charge in [-0.15, -0.1) is 11.3 Å². The fourth-order valence-electron chi connectivity index (χ4n) is 2.66. The smallest absolute Gasteiger partial charge is 0.336 e. The summed E-state index contributed by atoms with van der Waals surface area (Å²) >= 11 is 0.969.